The first kappa shape index (κ1) is 10.8. The molecule has 1 heterocycles. The lowest BCUT2D eigenvalue weighted by atomic mass is 10.3. The van der Waals surface area contributed by atoms with Crippen LogP contribution in [0.3, 0.4) is 0 Å². The number of hydrogen-bond donors (Lipinski definition) is 1. The molecule has 0 spiro atoms. The molecule has 5 heteroatoms. The number of unbranched alkanes of at least 4 members (excludes halogenated alkanes) is 1. The van der Waals surface area contributed by atoms with Crippen LogP contribution in [0.4, 0.5) is 0 Å². The van der Waals surface area contributed by atoms with Crippen LogP contribution in [0.25, 0.3) is 0 Å². The van der Waals surface area contributed by atoms with E-state index in [4.69, 9.17) is 12.2 Å². The van der Waals surface area contributed by atoms with Crippen molar-refractivity contribution in [1.82, 2.24) is 14.8 Å². The summed E-state index contributed by atoms with van der Waals surface area (Å²) >= 11 is 6.98. The summed E-state index contributed by atoms with van der Waals surface area (Å²) in [6.45, 7) is 2.96. The Morgan fingerprint density at radius 2 is 2.31 bits per heavy atom. The molecule has 74 valence electrons. The molecule has 0 unspecified atom stereocenters. The van der Waals surface area contributed by atoms with Gasteiger partial charge in [0.2, 0.25) is 0 Å². The van der Waals surface area contributed by atoms with Crippen LogP contribution in [-0.2, 0) is 6.54 Å². The van der Waals surface area contributed by atoms with E-state index in [-0.39, 0.29) is 0 Å². The summed E-state index contributed by atoms with van der Waals surface area (Å²) in [4.78, 5) is 0. The van der Waals surface area contributed by atoms with E-state index in [1.54, 1.807) is 0 Å². The third-order valence-corrected chi connectivity index (χ3v) is 2.94. The molecule has 0 fully saturated rings. The highest BCUT2D eigenvalue weighted by Crippen LogP contribution is 2.03. The molecular formula is C8H15N3S2. The zero-order valence-electron chi connectivity index (χ0n) is 8.04. The maximum Gasteiger partial charge on any atom is 0.195 e. The normalized spacial score (nSPS) is 10.6. The summed E-state index contributed by atoms with van der Waals surface area (Å²) in [5.74, 6) is 2.21. The molecule has 0 radical (unpaired) electrons. The van der Waals surface area contributed by atoms with Gasteiger partial charge in [0.15, 0.2) is 4.77 Å². The number of thioether (sulfide) groups is 1. The van der Waals surface area contributed by atoms with Crippen molar-refractivity contribution < 1.29 is 0 Å². The molecule has 1 rings (SSSR count). The van der Waals surface area contributed by atoms with Gasteiger partial charge in [-0.3, -0.25) is 5.10 Å². The smallest absolute Gasteiger partial charge is 0.195 e. The molecule has 0 aliphatic carbocycles. The number of hydrogen-bond acceptors (Lipinski definition) is 3. The van der Waals surface area contributed by atoms with Crippen molar-refractivity contribution in [2.75, 3.05) is 12.0 Å². The third-order valence-electron chi connectivity index (χ3n) is 1.93. The van der Waals surface area contributed by atoms with Crippen LogP contribution < -0.4 is 0 Å². The molecule has 3 nitrogen and oxygen atoms in total. The second kappa shape index (κ2) is 5.44. The highest BCUT2D eigenvalue weighted by atomic mass is 32.2. The fourth-order valence-electron chi connectivity index (χ4n) is 1.18. The minimum Gasteiger partial charge on any atom is -0.304 e. The molecule has 1 aromatic heterocycles. The summed E-state index contributed by atoms with van der Waals surface area (Å²) in [5, 5.41) is 6.84. The zero-order chi connectivity index (χ0) is 9.68. The Morgan fingerprint density at radius 3 is 2.85 bits per heavy atom. The van der Waals surface area contributed by atoms with Gasteiger partial charge in [-0.1, -0.05) is 0 Å². The summed E-state index contributed by atoms with van der Waals surface area (Å²) in [5.41, 5.74) is 0. The Bertz CT molecular complexity index is 303. The van der Waals surface area contributed by atoms with Gasteiger partial charge in [0.05, 0.1) is 0 Å². The van der Waals surface area contributed by atoms with Gasteiger partial charge < -0.3 is 4.57 Å². The number of aromatic nitrogens is 3. The van der Waals surface area contributed by atoms with Crippen molar-refractivity contribution in [2.24, 2.45) is 0 Å². The van der Waals surface area contributed by atoms with Crippen LogP contribution in [0.2, 0.25) is 0 Å². The Hall–Kier alpha value is -0.290. The van der Waals surface area contributed by atoms with Gasteiger partial charge in [-0.2, -0.15) is 16.9 Å². The summed E-state index contributed by atoms with van der Waals surface area (Å²) in [7, 11) is 0. The molecule has 0 aromatic carbocycles. The van der Waals surface area contributed by atoms with Crippen LogP contribution in [0.5, 0.6) is 0 Å². The van der Waals surface area contributed by atoms with Crippen LogP contribution in [0.1, 0.15) is 18.7 Å². The summed E-state index contributed by atoms with van der Waals surface area (Å²) in [6, 6.07) is 0. The Morgan fingerprint density at radius 1 is 1.54 bits per heavy atom. The van der Waals surface area contributed by atoms with Crippen LogP contribution in [-0.4, -0.2) is 26.8 Å². The number of aryl methyl sites for hydroxylation is 1. The van der Waals surface area contributed by atoms with E-state index in [1.165, 1.54) is 18.6 Å². The molecule has 1 N–H and O–H groups in total. The van der Waals surface area contributed by atoms with Crippen LogP contribution in [0, 0.1) is 11.7 Å². The number of aromatic amines is 1. The fourth-order valence-corrected chi connectivity index (χ4v) is 1.94. The van der Waals surface area contributed by atoms with Crippen molar-refractivity contribution in [2.45, 2.75) is 26.3 Å². The van der Waals surface area contributed by atoms with Crippen molar-refractivity contribution in [3.63, 3.8) is 0 Å². The van der Waals surface area contributed by atoms with Crippen molar-refractivity contribution in [1.29, 1.82) is 0 Å². The largest absolute Gasteiger partial charge is 0.304 e. The average molecular weight is 217 g/mol. The van der Waals surface area contributed by atoms with Gasteiger partial charge in [0, 0.05) is 6.54 Å². The number of rotatable bonds is 5. The lowest BCUT2D eigenvalue weighted by molar-refractivity contribution is 0.612. The van der Waals surface area contributed by atoms with E-state index >= 15 is 0 Å². The molecule has 0 saturated carbocycles. The molecule has 0 bridgehead atoms. The van der Waals surface area contributed by atoms with Crippen molar-refractivity contribution >= 4 is 24.0 Å². The van der Waals surface area contributed by atoms with E-state index in [2.05, 4.69) is 21.0 Å². The highest BCUT2D eigenvalue weighted by molar-refractivity contribution is 7.98. The van der Waals surface area contributed by atoms with E-state index in [0.29, 0.717) is 0 Å². The number of H-pyrrole nitrogens is 1. The lowest BCUT2D eigenvalue weighted by Crippen LogP contribution is -2.01. The molecule has 0 aliphatic rings. The monoisotopic (exact) mass is 217 g/mol. The van der Waals surface area contributed by atoms with Crippen molar-refractivity contribution in [3.05, 3.63) is 10.6 Å². The number of nitrogens with one attached hydrogen (secondary N) is 1. The first-order chi connectivity index (χ1) is 6.25. The predicted molar refractivity (Wildman–Crippen MR) is 59.8 cm³/mol. The molecule has 0 amide bonds. The van der Waals surface area contributed by atoms with Gasteiger partial charge in [-0.15, -0.1) is 0 Å². The highest BCUT2D eigenvalue weighted by Gasteiger charge is 1.99. The minimum absolute atomic E-state index is 0.738. The first-order valence-corrected chi connectivity index (χ1v) is 6.16. The molecule has 0 aliphatic heterocycles. The lowest BCUT2D eigenvalue weighted by Gasteiger charge is -2.02. The predicted octanol–water partition coefficient (Wildman–Crippen LogP) is 2.39. The number of nitrogens with zero attached hydrogens (tertiary/aromatic N) is 2. The van der Waals surface area contributed by atoms with Gasteiger partial charge in [-0.05, 0) is 44.0 Å². The maximum absolute atomic E-state index is 5.09. The summed E-state index contributed by atoms with van der Waals surface area (Å²) in [6.07, 6.45) is 4.55. The van der Waals surface area contributed by atoms with E-state index < -0.39 is 0 Å². The molecule has 1 aromatic rings. The molecule has 13 heavy (non-hydrogen) atoms. The van der Waals surface area contributed by atoms with Gasteiger partial charge in [0.25, 0.3) is 0 Å². The Labute approximate surface area is 87.9 Å². The second-order valence-electron chi connectivity index (χ2n) is 2.93. The topological polar surface area (TPSA) is 33.6 Å². The molecule has 0 atom stereocenters. The zero-order valence-corrected chi connectivity index (χ0v) is 9.67. The maximum atomic E-state index is 5.09. The van der Waals surface area contributed by atoms with Crippen LogP contribution >= 0.6 is 24.0 Å². The molecular weight excluding hydrogens is 202 g/mol. The average Bonchev–Trinajstić information content (AvgIpc) is 2.42. The van der Waals surface area contributed by atoms with Crippen LogP contribution in [0.15, 0.2) is 0 Å². The quantitative estimate of drug-likeness (QED) is 0.607. The van der Waals surface area contributed by atoms with E-state index in [1.807, 2.05) is 18.7 Å². The van der Waals surface area contributed by atoms with Gasteiger partial charge in [0.1, 0.15) is 5.82 Å². The Kier molecular flexibility index (Phi) is 4.52. The first-order valence-electron chi connectivity index (χ1n) is 4.36. The van der Waals surface area contributed by atoms with Gasteiger partial charge >= 0.3 is 0 Å². The minimum atomic E-state index is 0.738. The Balaban J connectivity index is 2.40. The SMILES string of the molecule is CSCCCCn1c(C)n[nH]c1=S. The van der Waals surface area contributed by atoms with E-state index in [0.717, 1.165) is 17.1 Å². The standard InChI is InChI=1S/C8H15N3S2/c1-7-9-10-8(12)11(7)5-3-4-6-13-2/h3-6H2,1-2H3,(H,10,12). The van der Waals surface area contributed by atoms with E-state index in [9.17, 15) is 0 Å². The third kappa shape index (κ3) is 3.15. The fraction of sp³-hybridized carbons (Fsp3) is 0.750. The summed E-state index contributed by atoms with van der Waals surface area (Å²) < 4.78 is 2.79. The van der Waals surface area contributed by atoms with Crippen molar-refractivity contribution in [3.8, 4) is 0 Å². The second-order valence-corrected chi connectivity index (χ2v) is 4.30. The molecule has 0 saturated heterocycles. The van der Waals surface area contributed by atoms with Gasteiger partial charge in [-0.25, -0.2) is 0 Å².